The molecule has 0 aliphatic rings. The Morgan fingerprint density at radius 1 is 1.50 bits per heavy atom. The predicted molar refractivity (Wildman–Crippen MR) is 87.3 cm³/mol. The van der Waals surface area contributed by atoms with Gasteiger partial charge in [0.25, 0.3) is 0 Å². The van der Waals surface area contributed by atoms with E-state index >= 15 is 0 Å². The van der Waals surface area contributed by atoms with Gasteiger partial charge in [-0.2, -0.15) is 0 Å². The number of benzene rings is 1. The van der Waals surface area contributed by atoms with Gasteiger partial charge in [-0.05, 0) is 54.6 Å². The summed E-state index contributed by atoms with van der Waals surface area (Å²) in [6.07, 6.45) is -0.0956. The summed E-state index contributed by atoms with van der Waals surface area (Å²) < 4.78 is 0.970. The van der Waals surface area contributed by atoms with Crippen LogP contribution in [-0.2, 0) is 4.79 Å². The molecule has 20 heavy (non-hydrogen) atoms. The molecule has 2 amide bonds. The highest BCUT2D eigenvalue weighted by atomic mass is 127. The lowest BCUT2D eigenvalue weighted by atomic mass is 10.2. The molecule has 0 saturated carbocycles. The normalized spacial score (nSPS) is 11.8. The van der Waals surface area contributed by atoms with Crippen molar-refractivity contribution in [2.75, 3.05) is 11.9 Å². The number of aliphatic carboxylic acids is 1. The zero-order valence-corrected chi connectivity index (χ0v) is 14.1. The number of nitrogens with one attached hydrogen (secondary N) is 1. The van der Waals surface area contributed by atoms with Gasteiger partial charge in [-0.1, -0.05) is 11.6 Å². The molecular weight excluding hydrogens is 395 g/mol. The fraction of sp³-hybridized carbons (Fsp3) is 0.385. The van der Waals surface area contributed by atoms with Crippen molar-refractivity contribution in [2.24, 2.45) is 0 Å². The first-order valence-corrected chi connectivity index (χ1v) is 7.55. The third-order valence-electron chi connectivity index (χ3n) is 2.78. The molecule has 1 aromatic rings. The number of amides is 2. The minimum absolute atomic E-state index is 0.0956. The Morgan fingerprint density at radius 3 is 2.65 bits per heavy atom. The average molecular weight is 411 g/mol. The zero-order chi connectivity index (χ0) is 15.3. The van der Waals surface area contributed by atoms with Gasteiger partial charge in [-0.15, -0.1) is 0 Å². The van der Waals surface area contributed by atoms with Crippen molar-refractivity contribution in [2.45, 2.75) is 26.3 Å². The highest BCUT2D eigenvalue weighted by Gasteiger charge is 2.21. The van der Waals surface area contributed by atoms with E-state index in [0.29, 0.717) is 17.3 Å². The molecule has 0 bridgehead atoms. The number of carboxylic acids is 1. The maximum Gasteiger partial charge on any atom is 0.322 e. The lowest BCUT2D eigenvalue weighted by molar-refractivity contribution is -0.137. The number of anilines is 1. The average Bonchev–Trinajstić information content (AvgIpc) is 2.32. The summed E-state index contributed by atoms with van der Waals surface area (Å²) in [7, 11) is 0. The van der Waals surface area contributed by atoms with Gasteiger partial charge in [-0.25, -0.2) is 4.79 Å². The Bertz CT molecular complexity index is 510. The third-order valence-corrected chi connectivity index (χ3v) is 3.76. The number of carbonyl (C=O) groups is 2. The maximum absolute atomic E-state index is 12.2. The van der Waals surface area contributed by atoms with Crippen molar-refractivity contribution in [1.29, 1.82) is 0 Å². The predicted octanol–water partition coefficient (Wildman–Crippen LogP) is 3.66. The molecule has 1 aromatic carbocycles. The number of hydrogen-bond acceptors (Lipinski definition) is 2. The molecular formula is C13H16ClIN2O3. The molecule has 1 rings (SSSR count). The van der Waals surface area contributed by atoms with Gasteiger partial charge in [-0.3, -0.25) is 4.79 Å². The van der Waals surface area contributed by atoms with E-state index in [2.05, 4.69) is 27.9 Å². The highest BCUT2D eigenvalue weighted by Crippen LogP contribution is 2.24. The number of carboxylic acid groups (broad SMARTS) is 1. The van der Waals surface area contributed by atoms with Crippen LogP contribution in [0.15, 0.2) is 18.2 Å². The van der Waals surface area contributed by atoms with Crippen molar-refractivity contribution in [1.82, 2.24) is 4.90 Å². The molecule has 2 N–H and O–H groups in total. The van der Waals surface area contributed by atoms with Crippen LogP contribution >= 0.6 is 34.2 Å². The van der Waals surface area contributed by atoms with E-state index in [1.165, 1.54) is 4.90 Å². The van der Waals surface area contributed by atoms with Crippen LogP contribution in [0.25, 0.3) is 0 Å². The molecule has 0 fully saturated rings. The van der Waals surface area contributed by atoms with Crippen molar-refractivity contribution in [3.8, 4) is 0 Å². The van der Waals surface area contributed by atoms with Crippen LogP contribution in [0, 0.1) is 3.57 Å². The second kappa shape index (κ2) is 7.68. The largest absolute Gasteiger partial charge is 0.481 e. The van der Waals surface area contributed by atoms with Crippen LogP contribution in [0.2, 0.25) is 5.02 Å². The summed E-state index contributed by atoms with van der Waals surface area (Å²) in [6, 6.07) is 4.55. The van der Waals surface area contributed by atoms with Crippen LogP contribution in [0.3, 0.4) is 0 Å². The second-order valence-electron chi connectivity index (χ2n) is 4.29. The van der Waals surface area contributed by atoms with Gasteiger partial charge in [0.05, 0.1) is 17.1 Å². The third kappa shape index (κ3) is 4.82. The van der Waals surface area contributed by atoms with Crippen molar-refractivity contribution >= 4 is 51.9 Å². The summed E-state index contributed by atoms with van der Waals surface area (Å²) in [5, 5.41) is 11.9. The Balaban J connectivity index is 2.79. The fourth-order valence-electron chi connectivity index (χ4n) is 1.80. The minimum Gasteiger partial charge on any atom is -0.481 e. The number of rotatable bonds is 5. The molecule has 0 radical (unpaired) electrons. The number of hydrogen-bond donors (Lipinski definition) is 2. The summed E-state index contributed by atoms with van der Waals surface area (Å²) in [6.45, 7) is 3.92. The van der Waals surface area contributed by atoms with Gasteiger partial charge in [0.15, 0.2) is 0 Å². The van der Waals surface area contributed by atoms with E-state index < -0.39 is 5.97 Å². The van der Waals surface area contributed by atoms with Crippen LogP contribution in [0.1, 0.15) is 20.3 Å². The molecule has 7 heteroatoms. The van der Waals surface area contributed by atoms with E-state index in [9.17, 15) is 9.59 Å². The van der Waals surface area contributed by atoms with E-state index in [0.717, 1.165) is 3.57 Å². The molecule has 110 valence electrons. The molecule has 1 unspecified atom stereocenters. The van der Waals surface area contributed by atoms with E-state index in [-0.39, 0.29) is 18.5 Å². The van der Waals surface area contributed by atoms with Gasteiger partial charge < -0.3 is 15.3 Å². The summed E-state index contributed by atoms with van der Waals surface area (Å²) in [4.78, 5) is 24.3. The summed E-state index contributed by atoms with van der Waals surface area (Å²) in [5.41, 5.74) is 0.512. The van der Waals surface area contributed by atoms with Gasteiger partial charge in [0.2, 0.25) is 0 Å². The number of carbonyl (C=O) groups excluding carboxylic acids is 1. The quantitative estimate of drug-likeness (QED) is 0.728. The maximum atomic E-state index is 12.2. The van der Waals surface area contributed by atoms with E-state index in [1.54, 1.807) is 26.0 Å². The number of urea groups is 1. The first-order chi connectivity index (χ1) is 9.35. The van der Waals surface area contributed by atoms with Gasteiger partial charge in [0, 0.05) is 16.2 Å². The molecule has 0 heterocycles. The van der Waals surface area contributed by atoms with Crippen molar-refractivity contribution < 1.29 is 14.7 Å². The Labute approximate surface area is 136 Å². The van der Waals surface area contributed by atoms with Gasteiger partial charge in [0.1, 0.15) is 0 Å². The SMILES string of the molecule is CCN(C(=O)Nc1ccc(I)cc1Cl)C(C)CC(=O)O. The smallest absolute Gasteiger partial charge is 0.322 e. The van der Waals surface area contributed by atoms with Crippen LogP contribution in [0.4, 0.5) is 10.5 Å². The molecule has 1 atom stereocenters. The lowest BCUT2D eigenvalue weighted by Gasteiger charge is -2.27. The number of nitrogens with zero attached hydrogens (tertiary/aromatic N) is 1. The lowest BCUT2D eigenvalue weighted by Crippen LogP contribution is -2.42. The van der Waals surface area contributed by atoms with Crippen LogP contribution < -0.4 is 5.32 Å². The zero-order valence-electron chi connectivity index (χ0n) is 11.2. The number of halogens is 2. The molecule has 0 spiro atoms. The van der Waals surface area contributed by atoms with E-state index in [1.807, 2.05) is 6.07 Å². The topological polar surface area (TPSA) is 69.6 Å². The Kier molecular flexibility index (Phi) is 6.54. The summed E-state index contributed by atoms with van der Waals surface area (Å²) >= 11 is 8.18. The van der Waals surface area contributed by atoms with Gasteiger partial charge >= 0.3 is 12.0 Å². The Morgan fingerprint density at radius 2 is 2.15 bits per heavy atom. The molecule has 0 aromatic heterocycles. The fourth-order valence-corrected chi connectivity index (χ4v) is 2.70. The summed E-state index contributed by atoms with van der Waals surface area (Å²) in [5.74, 6) is -0.934. The van der Waals surface area contributed by atoms with Crippen LogP contribution in [0.5, 0.6) is 0 Å². The van der Waals surface area contributed by atoms with E-state index in [4.69, 9.17) is 16.7 Å². The first kappa shape index (κ1) is 17.0. The van der Waals surface area contributed by atoms with Crippen LogP contribution in [-0.4, -0.2) is 34.6 Å². The monoisotopic (exact) mass is 410 g/mol. The molecule has 0 aliphatic carbocycles. The molecule has 0 saturated heterocycles. The second-order valence-corrected chi connectivity index (χ2v) is 5.94. The molecule has 0 aliphatic heterocycles. The van der Waals surface area contributed by atoms with Crippen molar-refractivity contribution in [3.05, 3.63) is 26.8 Å². The molecule has 5 nitrogen and oxygen atoms in total. The first-order valence-electron chi connectivity index (χ1n) is 6.09. The standard InChI is InChI=1S/C13H16ClIN2O3/c1-3-17(8(2)6-12(18)19)13(20)16-11-5-4-9(15)7-10(11)14/h4-5,7-8H,3,6H2,1-2H3,(H,16,20)(H,18,19). The Hall–Kier alpha value is -1.02. The highest BCUT2D eigenvalue weighted by molar-refractivity contribution is 14.1. The minimum atomic E-state index is -0.934. The van der Waals surface area contributed by atoms with Crippen molar-refractivity contribution in [3.63, 3.8) is 0 Å².